The van der Waals surface area contributed by atoms with Gasteiger partial charge >= 0.3 is 0 Å². The van der Waals surface area contributed by atoms with E-state index in [0.29, 0.717) is 0 Å². The zero-order valence-corrected chi connectivity index (χ0v) is 17.0. The minimum Gasteiger partial charge on any atom is -0.356 e. The van der Waals surface area contributed by atoms with Gasteiger partial charge in [0.25, 0.3) is 0 Å². The predicted octanol–water partition coefficient (Wildman–Crippen LogP) is 1.79. The Labute approximate surface area is 168 Å². The van der Waals surface area contributed by atoms with Crippen LogP contribution in [0.4, 0.5) is 5.69 Å². The highest BCUT2D eigenvalue weighted by Gasteiger charge is 2.31. The molecule has 1 aliphatic heterocycles. The van der Waals surface area contributed by atoms with Crippen LogP contribution in [-0.2, 0) is 4.79 Å². The Kier molecular flexibility index (Phi) is 11.9. The van der Waals surface area contributed by atoms with Gasteiger partial charge in [-0.1, -0.05) is 32.0 Å². The first-order valence-corrected chi connectivity index (χ1v) is 8.99. The Balaban J connectivity index is 0.000000837. The number of benzene rings is 1. The van der Waals surface area contributed by atoms with Crippen LogP contribution in [-0.4, -0.2) is 64.6 Å². The van der Waals surface area contributed by atoms with Gasteiger partial charge in [0.15, 0.2) is 0 Å². The summed E-state index contributed by atoms with van der Waals surface area (Å²) in [6.45, 7) is 13.1. The van der Waals surface area contributed by atoms with Crippen LogP contribution >= 0.6 is 0 Å². The lowest BCUT2D eigenvalue weighted by Crippen LogP contribution is -2.57. The molecule has 2 rings (SSSR count). The molecule has 1 aromatic carbocycles. The van der Waals surface area contributed by atoms with E-state index in [4.69, 9.17) is 30.6 Å². The van der Waals surface area contributed by atoms with Gasteiger partial charge in [-0.3, -0.25) is 9.69 Å². The Hall–Kier alpha value is -2.99. The number of carbonyl (C=O) groups excluding carboxylic acids is 1. The van der Waals surface area contributed by atoms with Crippen molar-refractivity contribution in [1.29, 1.82) is 0 Å². The van der Waals surface area contributed by atoms with Crippen molar-refractivity contribution in [2.75, 3.05) is 38.0 Å². The summed E-state index contributed by atoms with van der Waals surface area (Å²) in [5.41, 5.74) is 3.20. The molecule has 0 aliphatic carbocycles. The van der Waals surface area contributed by atoms with Gasteiger partial charge in [-0.15, -0.1) is 0 Å². The Morgan fingerprint density at radius 3 is 1.93 bits per heavy atom. The van der Waals surface area contributed by atoms with E-state index in [1.807, 2.05) is 32.0 Å². The van der Waals surface area contributed by atoms with Crippen LogP contribution < -0.4 is 5.32 Å². The Bertz CT molecular complexity index is 646. The minimum absolute atomic E-state index is 0.0530. The summed E-state index contributed by atoms with van der Waals surface area (Å²) in [7, 11) is 0. The van der Waals surface area contributed by atoms with E-state index in [2.05, 4.69) is 29.0 Å². The number of para-hydroxylation sites is 1. The molecule has 1 atom stereocenters. The van der Waals surface area contributed by atoms with Crippen LogP contribution in [0.3, 0.4) is 0 Å². The number of hydrogen-bond donors (Lipinski definition) is 1. The maximum absolute atomic E-state index is 12.7. The number of nitrogens with zero attached hydrogens (tertiary/aromatic N) is 4. The van der Waals surface area contributed by atoms with Gasteiger partial charge in [0.05, 0.1) is 10.2 Å². The standard InChI is InChI=1S/C17H27N3O.2NO3/c1-5-19-10-11-20(6-2)15(12-19)17(21)18-16-13(3)8-7-9-14(16)4;2*2-1(3)4/h7-9,15H,5-6,10-12H2,1-4H3,(H,18,21);;/q;2*-1. The summed E-state index contributed by atoms with van der Waals surface area (Å²) in [6, 6.07) is 6.06. The fourth-order valence-electron chi connectivity index (χ4n) is 3.01. The van der Waals surface area contributed by atoms with Crippen molar-refractivity contribution < 1.29 is 15.0 Å². The molecule has 29 heavy (non-hydrogen) atoms. The summed E-state index contributed by atoms with van der Waals surface area (Å²) >= 11 is 0. The maximum atomic E-state index is 12.7. The van der Waals surface area contributed by atoms with E-state index in [9.17, 15) is 4.79 Å². The molecule has 12 heteroatoms. The SMILES string of the molecule is CCN1CCN(CC)C(C(=O)Nc2c(C)cccc2C)C1.O=[N+]([O-])[O-].O=[N+]([O-])[O-]. The second-order valence-corrected chi connectivity index (χ2v) is 6.24. The molecule has 0 saturated carbocycles. The summed E-state index contributed by atoms with van der Waals surface area (Å²) in [5.74, 6) is 0.118. The van der Waals surface area contributed by atoms with Crippen LogP contribution in [0.1, 0.15) is 25.0 Å². The molecule has 1 amide bonds. The van der Waals surface area contributed by atoms with E-state index in [0.717, 1.165) is 49.5 Å². The summed E-state index contributed by atoms with van der Waals surface area (Å²) < 4.78 is 0. The van der Waals surface area contributed by atoms with E-state index in [1.165, 1.54) is 0 Å². The third-order valence-electron chi connectivity index (χ3n) is 4.46. The van der Waals surface area contributed by atoms with Crippen molar-refractivity contribution in [3.05, 3.63) is 60.0 Å². The zero-order valence-electron chi connectivity index (χ0n) is 17.0. The molecule has 0 spiro atoms. The molecule has 0 aromatic heterocycles. The Morgan fingerprint density at radius 2 is 1.52 bits per heavy atom. The minimum atomic E-state index is -1.75. The van der Waals surface area contributed by atoms with Crippen molar-refractivity contribution in [2.24, 2.45) is 0 Å². The lowest BCUT2D eigenvalue weighted by Gasteiger charge is -2.39. The first kappa shape index (κ1) is 26.0. The molecule has 12 nitrogen and oxygen atoms in total. The number of anilines is 1. The van der Waals surface area contributed by atoms with Gasteiger partial charge in [-0.05, 0) is 38.1 Å². The maximum Gasteiger partial charge on any atom is 0.243 e. The van der Waals surface area contributed by atoms with Crippen molar-refractivity contribution in [1.82, 2.24) is 9.80 Å². The molecule has 1 fully saturated rings. The van der Waals surface area contributed by atoms with Crippen molar-refractivity contribution in [3.8, 4) is 0 Å². The third-order valence-corrected chi connectivity index (χ3v) is 4.46. The fraction of sp³-hybridized carbons (Fsp3) is 0.588. The average Bonchev–Trinajstić information content (AvgIpc) is 2.63. The summed E-state index contributed by atoms with van der Waals surface area (Å²) in [4.78, 5) is 33.8. The highest BCUT2D eigenvalue weighted by Crippen LogP contribution is 2.21. The topological polar surface area (TPSA) is 168 Å². The van der Waals surface area contributed by atoms with Crippen molar-refractivity contribution in [3.63, 3.8) is 0 Å². The summed E-state index contributed by atoms with van der Waals surface area (Å²) in [6.07, 6.45) is 0. The first-order valence-electron chi connectivity index (χ1n) is 8.99. The van der Waals surface area contributed by atoms with Crippen LogP contribution in [0.15, 0.2) is 18.2 Å². The van der Waals surface area contributed by atoms with Gasteiger partial charge < -0.3 is 40.9 Å². The van der Waals surface area contributed by atoms with Crippen molar-refractivity contribution in [2.45, 2.75) is 33.7 Å². The number of hydrogen-bond acceptors (Lipinski definition) is 9. The molecule has 1 heterocycles. The van der Waals surface area contributed by atoms with Crippen LogP contribution in [0.2, 0.25) is 0 Å². The van der Waals surface area contributed by atoms with E-state index in [-0.39, 0.29) is 11.9 Å². The molecule has 1 saturated heterocycles. The monoisotopic (exact) mass is 413 g/mol. The van der Waals surface area contributed by atoms with E-state index < -0.39 is 10.2 Å². The third kappa shape index (κ3) is 10.2. The van der Waals surface area contributed by atoms with Crippen molar-refractivity contribution >= 4 is 11.6 Å². The molecule has 1 aromatic rings. The van der Waals surface area contributed by atoms with Crippen LogP contribution in [0.25, 0.3) is 0 Å². The second-order valence-electron chi connectivity index (χ2n) is 6.24. The fourth-order valence-corrected chi connectivity index (χ4v) is 3.01. The van der Waals surface area contributed by atoms with Crippen LogP contribution in [0.5, 0.6) is 0 Å². The van der Waals surface area contributed by atoms with E-state index in [1.54, 1.807) is 0 Å². The predicted molar refractivity (Wildman–Crippen MR) is 108 cm³/mol. The molecule has 0 radical (unpaired) electrons. The van der Waals surface area contributed by atoms with E-state index >= 15 is 0 Å². The lowest BCUT2D eigenvalue weighted by atomic mass is 10.1. The average molecular weight is 413 g/mol. The molecular weight excluding hydrogens is 386 g/mol. The highest BCUT2D eigenvalue weighted by molar-refractivity contribution is 5.96. The van der Waals surface area contributed by atoms with Gasteiger partial charge in [0.1, 0.15) is 6.04 Å². The molecule has 1 unspecified atom stereocenters. The Morgan fingerprint density at radius 1 is 1.03 bits per heavy atom. The van der Waals surface area contributed by atoms with Crippen LogP contribution in [0, 0.1) is 44.5 Å². The number of likely N-dealkylation sites (N-methyl/N-ethyl adjacent to an activating group) is 2. The second kappa shape index (κ2) is 13.2. The van der Waals surface area contributed by atoms with Gasteiger partial charge in [0.2, 0.25) is 5.91 Å². The number of amides is 1. The quantitative estimate of drug-likeness (QED) is 0.571. The summed E-state index contributed by atoms with van der Waals surface area (Å²) in [5, 5.41) is 32.6. The molecule has 164 valence electrons. The molecular formula is C17H27N5O7-2. The molecule has 0 bridgehead atoms. The van der Waals surface area contributed by atoms with Gasteiger partial charge in [-0.25, -0.2) is 0 Å². The first-order chi connectivity index (χ1) is 13.5. The molecule has 1 aliphatic rings. The normalized spacial score (nSPS) is 16.5. The smallest absolute Gasteiger partial charge is 0.243 e. The van der Waals surface area contributed by atoms with Gasteiger partial charge in [-0.2, -0.15) is 0 Å². The van der Waals surface area contributed by atoms with Gasteiger partial charge in [0, 0.05) is 25.3 Å². The number of carbonyl (C=O) groups is 1. The number of nitrogens with one attached hydrogen (secondary N) is 1. The largest absolute Gasteiger partial charge is 0.356 e. The lowest BCUT2D eigenvalue weighted by molar-refractivity contribution is -0.403. The number of aryl methyl sites for hydroxylation is 2. The number of rotatable bonds is 4. The highest BCUT2D eigenvalue weighted by atomic mass is 16.9. The zero-order chi connectivity index (χ0) is 22.6. The number of piperazine rings is 1. The molecule has 1 N–H and O–H groups in total.